The molecule has 0 bridgehead atoms. The Balaban J connectivity index is 2.64. The van der Waals surface area contributed by atoms with Crippen molar-refractivity contribution in [3.05, 3.63) is 0 Å². The first kappa shape index (κ1) is 19.2. The monoisotopic (exact) mass is 329 g/mol. The second-order valence-electron chi connectivity index (χ2n) is 7.96. The molecule has 1 aliphatic rings. The first-order valence-electron chi connectivity index (χ1n) is 8.04. The maximum absolute atomic E-state index is 12.1. The molecule has 0 aromatic carbocycles. The van der Waals surface area contributed by atoms with Gasteiger partial charge >= 0.3 is 6.09 Å². The third-order valence-corrected chi connectivity index (χ3v) is 10.1. The highest BCUT2D eigenvalue weighted by molar-refractivity contribution is 6.74. The quantitative estimate of drug-likeness (QED) is 0.780. The molecule has 1 heterocycles. The van der Waals surface area contributed by atoms with Gasteiger partial charge < -0.3 is 14.4 Å². The Morgan fingerprint density at radius 1 is 1.23 bits per heavy atom. The largest absolute Gasteiger partial charge is 0.465 e. The van der Waals surface area contributed by atoms with E-state index in [9.17, 15) is 9.59 Å². The van der Waals surface area contributed by atoms with Crippen molar-refractivity contribution in [2.75, 3.05) is 19.7 Å². The Bertz CT molecular complexity index is 420. The Kier molecular flexibility index (Phi) is 5.84. The van der Waals surface area contributed by atoms with Crippen LogP contribution in [0.4, 0.5) is 4.79 Å². The lowest BCUT2D eigenvalue weighted by atomic mass is 9.73. The topological polar surface area (TPSA) is 66.8 Å². The van der Waals surface area contributed by atoms with Gasteiger partial charge in [-0.15, -0.1) is 0 Å². The maximum Gasteiger partial charge on any atom is 0.407 e. The van der Waals surface area contributed by atoms with Crippen molar-refractivity contribution in [3.63, 3.8) is 0 Å². The van der Waals surface area contributed by atoms with E-state index < -0.39 is 19.8 Å². The van der Waals surface area contributed by atoms with Gasteiger partial charge in [0, 0.05) is 25.1 Å². The van der Waals surface area contributed by atoms with Gasteiger partial charge in [0.2, 0.25) is 0 Å². The zero-order chi connectivity index (χ0) is 17.2. The van der Waals surface area contributed by atoms with Gasteiger partial charge in [-0.25, -0.2) is 4.79 Å². The summed E-state index contributed by atoms with van der Waals surface area (Å²) >= 11 is 0. The summed E-state index contributed by atoms with van der Waals surface area (Å²) in [7, 11) is -1.80. The number of ketones is 1. The number of likely N-dealkylation sites (tertiary alicyclic amines) is 1. The van der Waals surface area contributed by atoms with E-state index in [0.29, 0.717) is 39.0 Å². The van der Waals surface area contributed by atoms with Gasteiger partial charge in [-0.3, -0.25) is 4.79 Å². The number of hydrogen-bond acceptors (Lipinski definition) is 3. The van der Waals surface area contributed by atoms with Crippen molar-refractivity contribution in [2.24, 2.45) is 5.41 Å². The first-order chi connectivity index (χ1) is 9.91. The molecule has 0 aliphatic carbocycles. The third-order valence-electron chi connectivity index (χ3n) is 5.59. The molecule has 128 valence electrons. The standard InChI is InChI=1S/C16H31NO4Si/c1-13(18)16(7-10-17(11-8-16)14(19)20)9-12-21-22(5,6)15(2,3)4/h7-12H2,1-6H3,(H,19,20). The van der Waals surface area contributed by atoms with Gasteiger partial charge in [0.15, 0.2) is 8.32 Å². The minimum atomic E-state index is -1.80. The number of Topliss-reactive ketones (excluding diaryl/α,β-unsaturated/α-hetero) is 1. The summed E-state index contributed by atoms with van der Waals surface area (Å²) in [5.74, 6) is 0.163. The van der Waals surface area contributed by atoms with Gasteiger partial charge in [-0.2, -0.15) is 0 Å². The maximum atomic E-state index is 12.1. The fourth-order valence-electron chi connectivity index (χ4n) is 2.62. The molecule has 0 unspecified atom stereocenters. The molecule has 0 spiro atoms. The lowest BCUT2D eigenvalue weighted by Gasteiger charge is -2.41. The third kappa shape index (κ3) is 4.32. The smallest absolute Gasteiger partial charge is 0.407 e. The zero-order valence-electron chi connectivity index (χ0n) is 14.9. The zero-order valence-corrected chi connectivity index (χ0v) is 15.9. The lowest BCUT2D eigenvalue weighted by Crippen LogP contribution is -2.47. The summed E-state index contributed by atoms with van der Waals surface area (Å²) in [6.45, 7) is 14.1. The van der Waals surface area contributed by atoms with E-state index in [1.165, 1.54) is 4.90 Å². The SMILES string of the molecule is CC(=O)C1(CCO[Si](C)(C)C(C)(C)C)CCN(C(=O)O)CC1. The van der Waals surface area contributed by atoms with Gasteiger partial charge in [0.1, 0.15) is 5.78 Å². The molecule has 22 heavy (non-hydrogen) atoms. The van der Waals surface area contributed by atoms with Gasteiger partial charge in [-0.05, 0) is 44.3 Å². The average Bonchev–Trinajstić information content (AvgIpc) is 2.37. The number of carbonyl (C=O) groups is 2. The van der Waals surface area contributed by atoms with Crippen molar-refractivity contribution < 1.29 is 19.1 Å². The molecule has 1 rings (SSSR count). The number of carboxylic acid groups (broad SMARTS) is 1. The van der Waals surface area contributed by atoms with Gasteiger partial charge in [0.25, 0.3) is 0 Å². The van der Waals surface area contributed by atoms with Crippen LogP contribution in [0.3, 0.4) is 0 Å². The molecule has 0 radical (unpaired) electrons. The Labute approximate surface area is 135 Å². The lowest BCUT2D eigenvalue weighted by molar-refractivity contribution is -0.130. The fraction of sp³-hybridized carbons (Fsp3) is 0.875. The van der Waals surface area contributed by atoms with Crippen molar-refractivity contribution in [3.8, 4) is 0 Å². The van der Waals surface area contributed by atoms with Crippen LogP contribution in [0, 0.1) is 5.41 Å². The molecule has 5 nitrogen and oxygen atoms in total. The molecule has 1 N–H and O–H groups in total. The summed E-state index contributed by atoms with van der Waals surface area (Å²) in [5, 5.41) is 9.20. The molecule has 1 aliphatic heterocycles. The Morgan fingerprint density at radius 2 is 1.73 bits per heavy atom. The molecular weight excluding hydrogens is 298 g/mol. The second kappa shape index (κ2) is 6.70. The molecule has 1 fully saturated rings. The summed E-state index contributed by atoms with van der Waals surface area (Å²) in [6, 6.07) is 0. The van der Waals surface area contributed by atoms with Crippen LogP contribution in [0.15, 0.2) is 0 Å². The molecule has 0 atom stereocenters. The molecule has 0 saturated carbocycles. The van der Waals surface area contributed by atoms with Crippen LogP contribution in [-0.2, 0) is 9.22 Å². The minimum Gasteiger partial charge on any atom is -0.465 e. The Morgan fingerprint density at radius 3 is 2.09 bits per heavy atom. The van der Waals surface area contributed by atoms with E-state index in [4.69, 9.17) is 9.53 Å². The van der Waals surface area contributed by atoms with Crippen LogP contribution in [0.25, 0.3) is 0 Å². The minimum absolute atomic E-state index is 0.156. The number of piperidine rings is 1. The van der Waals surface area contributed by atoms with Crippen molar-refractivity contribution >= 4 is 20.2 Å². The molecule has 1 saturated heterocycles. The van der Waals surface area contributed by atoms with Crippen molar-refractivity contribution in [1.29, 1.82) is 0 Å². The van der Waals surface area contributed by atoms with Crippen LogP contribution in [0.1, 0.15) is 47.0 Å². The molecule has 6 heteroatoms. The van der Waals surface area contributed by atoms with E-state index in [2.05, 4.69) is 33.9 Å². The normalized spacial score (nSPS) is 19.1. The van der Waals surface area contributed by atoms with Gasteiger partial charge in [0.05, 0.1) is 0 Å². The second-order valence-corrected chi connectivity index (χ2v) is 12.8. The van der Waals surface area contributed by atoms with Gasteiger partial charge in [-0.1, -0.05) is 20.8 Å². The summed E-state index contributed by atoms with van der Waals surface area (Å²) in [4.78, 5) is 24.6. The highest BCUT2D eigenvalue weighted by Crippen LogP contribution is 2.39. The summed E-state index contributed by atoms with van der Waals surface area (Å²) in [5.41, 5.74) is -0.408. The highest BCUT2D eigenvalue weighted by Gasteiger charge is 2.41. The predicted molar refractivity (Wildman–Crippen MR) is 89.7 cm³/mol. The van der Waals surface area contributed by atoms with Crippen LogP contribution in [0.5, 0.6) is 0 Å². The van der Waals surface area contributed by atoms with E-state index in [-0.39, 0.29) is 10.8 Å². The number of nitrogens with zero attached hydrogens (tertiary/aromatic N) is 1. The number of carbonyl (C=O) groups excluding carboxylic acids is 1. The summed E-state index contributed by atoms with van der Waals surface area (Å²) in [6.07, 6.45) is 1.02. The van der Waals surface area contributed by atoms with Crippen molar-refractivity contribution in [2.45, 2.75) is 65.1 Å². The number of amides is 1. The fourth-order valence-corrected chi connectivity index (χ4v) is 3.67. The van der Waals surface area contributed by atoms with E-state index in [1.54, 1.807) is 6.92 Å². The molecule has 0 aromatic rings. The van der Waals surface area contributed by atoms with E-state index >= 15 is 0 Å². The molecule has 0 aromatic heterocycles. The van der Waals surface area contributed by atoms with Crippen LogP contribution in [0.2, 0.25) is 18.1 Å². The van der Waals surface area contributed by atoms with E-state index in [1.807, 2.05) is 0 Å². The summed E-state index contributed by atoms with van der Waals surface area (Å²) < 4.78 is 6.20. The Hall–Kier alpha value is -0.883. The highest BCUT2D eigenvalue weighted by atomic mass is 28.4. The first-order valence-corrected chi connectivity index (χ1v) is 10.9. The molecule has 1 amide bonds. The average molecular weight is 330 g/mol. The van der Waals surface area contributed by atoms with E-state index in [0.717, 1.165) is 0 Å². The van der Waals surface area contributed by atoms with Crippen LogP contribution < -0.4 is 0 Å². The van der Waals surface area contributed by atoms with Crippen molar-refractivity contribution in [1.82, 2.24) is 4.90 Å². The van der Waals surface area contributed by atoms with Crippen LogP contribution >= 0.6 is 0 Å². The molecular formula is C16H31NO4Si. The number of hydrogen-bond donors (Lipinski definition) is 1. The predicted octanol–water partition coefficient (Wildman–Crippen LogP) is 3.75. The number of rotatable bonds is 5. The van der Waals surface area contributed by atoms with Crippen LogP contribution in [-0.4, -0.2) is 49.9 Å².